The summed E-state index contributed by atoms with van der Waals surface area (Å²) in [6, 6.07) is 6.38. The fraction of sp³-hybridized carbons (Fsp3) is 0.455. The predicted octanol–water partition coefficient (Wildman–Crippen LogP) is 2.15. The number of aryl methyl sites for hydroxylation is 1. The summed E-state index contributed by atoms with van der Waals surface area (Å²) >= 11 is 0. The van der Waals surface area contributed by atoms with Crippen LogP contribution in [0.5, 0.6) is 5.75 Å². The zero-order valence-corrected chi connectivity index (χ0v) is 9.19. The van der Waals surface area contributed by atoms with E-state index in [-0.39, 0.29) is 12.4 Å². The Kier molecular flexibility index (Phi) is 4.23. The topological polar surface area (TPSA) is 21.3 Å². The van der Waals surface area contributed by atoms with Crippen molar-refractivity contribution in [1.29, 1.82) is 0 Å². The standard InChI is InChI=1S/C11H15NO.ClH/c1-2-9-4-3-5-10-8-12-6-7-13-11(9)10;/h3-5,12H,2,6-8H2,1H3;1H. The molecule has 3 heteroatoms. The molecule has 1 N–H and O–H groups in total. The molecule has 0 unspecified atom stereocenters. The van der Waals surface area contributed by atoms with Crippen molar-refractivity contribution in [3.63, 3.8) is 0 Å². The van der Waals surface area contributed by atoms with Gasteiger partial charge >= 0.3 is 0 Å². The molecule has 0 radical (unpaired) electrons. The third kappa shape index (κ3) is 2.20. The number of fused-ring (bicyclic) bond motifs is 1. The van der Waals surface area contributed by atoms with Crippen molar-refractivity contribution >= 4 is 12.4 Å². The van der Waals surface area contributed by atoms with Gasteiger partial charge in [-0.25, -0.2) is 0 Å². The Hall–Kier alpha value is -0.730. The van der Waals surface area contributed by atoms with Crippen LogP contribution in [0.4, 0.5) is 0 Å². The molecule has 2 rings (SSSR count). The quantitative estimate of drug-likeness (QED) is 0.772. The van der Waals surface area contributed by atoms with Gasteiger partial charge in [0.05, 0.1) is 0 Å². The van der Waals surface area contributed by atoms with Crippen molar-refractivity contribution < 1.29 is 4.74 Å². The zero-order chi connectivity index (χ0) is 9.10. The smallest absolute Gasteiger partial charge is 0.127 e. The fourth-order valence-electron chi connectivity index (χ4n) is 1.69. The lowest BCUT2D eigenvalue weighted by atomic mass is 10.1. The molecule has 0 aromatic heterocycles. The van der Waals surface area contributed by atoms with Gasteiger partial charge in [0, 0.05) is 18.7 Å². The van der Waals surface area contributed by atoms with Gasteiger partial charge in [0.15, 0.2) is 0 Å². The highest BCUT2D eigenvalue weighted by Gasteiger charge is 2.10. The normalized spacial score (nSPS) is 14.6. The number of benzene rings is 1. The third-order valence-corrected chi connectivity index (χ3v) is 2.40. The van der Waals surface area contributed by atoms with Crippen LogP contribution in [0.1, 0.15) is 18.1 Å². The first-order valence-electron chi connectivity index (χ1n) is 4.86. The van der Waals surface area contributed by atoms with Crippen molar-refractivity contribution in [3.05, 3.63) is 29.3 Å². The molecular formula is C11H16ClNO. The van der Waals surface area contributed by atoms with Crippen molar-refractivity contribution in [1.82, 2.24) is 5.32 Å². The minimum absolute atomic E-state index is 0. The van der Waals surface area contributed by atoms with E-state index in [9.17, 15) is 0 Å². The first-order chi connectivity index (χ1) is 6.42. The van der Waals surface area contributed by atoms with E-state index in [0.29, 0.717) is 0 Å². The van der Waals surface area contributed by atoms with Gasteiger partial charge in [-0.2, -0.15) is 0 Å². The molecule has 0 saturated carbocycles. The molecule has 0 bridgehead atoms. The number of hydrogen-bond donors (Lipinski definition) is 1. The van der Waals surface area contributed by atoms with E-state index >= 15 is 0 Å². The van der Waals surface area contributed by atoms with E-state index in [4.69, 9.17) is 4.74 Å². The van der Waals surface area contributed by atoms with E-state index < -0.39 is 0 Å². The van der Waals surface area contributed by atoms with Gasteiger partial charge in [-0.3, -0.25) is 0 Å². The summed E-state index contributed by atoms with van der Waals surface area (Å²) in [5, 5.41) is 3.33. The summed E-state index contributed by atoms with van der Waals surface area (Å²) < 4.78 is 5.71. The summed E-state index contributed by atoms with van der Waals surface area (Å²) in [6.07, 6.45) is 1.04. The van der Waals surface area contributed by atoms with Crippen LogP contribution in [0.3, 0.4) is 0 Å². The van der Waals surface area contributed by atoms with Crippen LogP contribution in [-0.2, 0) is 13.0 Å². The maximum atomic E-state index is 5.71. The van der Waals surface area contributed by atoms with Gasteiger partial charge in [-0.1, -0.05) is 25.1 Å². The molecule has 0 aliphatic carbocycles. The number of ether oxygens (including phenoxy) is 1. The van der Waals surface area contributed by atoms with Crippen LogP contribution in [0.25, 0.3) is 0 Å². The second-order valence-electron chi connectivity index (χ2n) is 3.28. The molecular weight excluding hydrogens is 198 g/mol. The molecule has 1 heterocycles. The summed E-state index contributed by atoms with van der Waals surface area (Å²) in [6.45, 7) is 4.82. The number of rotatable bonds is 1. The van der Waals surface area contributed by atoms with Crippen molar-refractivity contribution in [2.45, 2.75) is 19.9 Å². The summed E-state index contributed by atoms with van der Waals surface area (Å²) in [5.74, 6) is 1.11. The van der Waals surface area contributed by atoms with E-state index in [1.54, 1.807) is 0 Å². The minimum atomic E-state index is 0. The Morgan fingerprint density at radius 1 is 1.43 bits per heavy atom. The highest BCUT2D eigenvalue weighted by molar-refractivity contribution is 5.85. The molecule has 14 heavy (non-hydrogen) atoms. The Balaban J connectivity index is 0.000000980. The van der Waals surface area contributed by atoms with Crippen molar-refractivity contribution in [3.8, 4) is 5.75 Å². The molecule has 1 aliphatic heterocycles. The van der Waals surface area contributed by atoms with Crippen LogP contribution in [-0.4, -0.2) is 13.2 Å². The molecule has 0 amide bonds. The van der Waals surface area contributed by atoms with Gasteiger partial charge in [0.1, 0.15) is 12.4 Å². The van der Waals surface area contributed by atoms with Crippen LogP contribution < -0.4 is 10.1 Å². The highest BCUT2D eigenvalue weighted by atomic mass is 35.5. The molecule has 0 saturated heterocycles. The Labute approximate surface area is 91.1 Å². The van der Waals surface area contributed by atoms with Gasteiger partial charge in [0.25, 0.3) is 0 Å². The molecule has 0 atom stereocenters. The first kappa shape index (κ1) is 11.3. The van der Waals surface area contributed by atoms with E-state index in [1.165, 1.54) is 11.1 Å². The molecule has 1 aromatic rings. The minimum Gasteiger partial charge on any atom is -0.492 e. The van der Waals surface area contributed by atoms with Crippen molar-refractivity contribution in [2.75, 3.05) is 13.2 Å². The average molecular weight is 214 g/mol. The zero-order valence-electron chi connectivity index (χ0n) is 8.38. The SMILES string of the molecule is CCc1cccc2c1OCCNC2.Cl. The molecule has 1 aromatic carbocycles. The van der Waals surface area contributed by atoms with Crippen molar-refractivity contribution in [2.24, 2.45) is 0 Å². The molecule has 0 fully saturated rings. The molecule has 1 aliphatic rings. The number of hydrogen-bond acceptors (Lipinski definition) is 2. The van der Waals surface area contributed by atoms with Crippen LogP contribution in [0.2, 0.25) is 0 Å². The van der Waals surface area contributed by atoms with Crippen LogP contribution in [0.15, 0.2) is 18.2 Å². The van der Waals surface area contributed by atoms with Gasteiger partial charge in [-0.05, 0) is 12.0 Å². The predicted molar refractivity (Wildman–Crippen MR) is 60.3 cm³/mol. The lowest BCUT2D eigenvalue weighted by molar-refractivity contribution is 0.323. The molecule has 2 nitrogen and oxygen atoms in total. The summed E-state index contributed by atoms with van der Waals surface area (Å²) in [4.78, 5) is 0. The lowest BCUT2D eigenvalue weighted by Crippen LogP contribution is -2.16. The van der Waals surface area contributed by atoms with Crippen LogP contribution in [0, 0.1) is 0 Å². The first-order valence-corrected chi connectivity index (χ1v) is 4.86. The van der Waals surface area contributed by atoms with E-state index in [1.807, 2.05) is 0 Å². The monoisotopic (exact) mass is 213 g/mol. The maximum Gasteiger partial charge on any atom is 0.127 e. The fourth-order valence-corrected chi connectivity index (χ4v) is 1.69. The van der Waals surface area contributed by atoms with Crippen LogP contribution >= 0.6 is 12.4 Å². The summed E-state index contributed by atoms with van der Waals surface area (Å²) in [5.41, 5.74) is 2.61. The van der Waals surface area contributed by atoms with E-state index in [0.717, 1.165) is 31.9 Å². The number of nitrogens with one attached hydrogen (secondary N) is 1. The Bertz CT molecular complexity index is 301. The van der Waals surface area contributed by atoms with Gasteiger partial charge < -0.3 is 10.1 Å². The third-order valence-electron chi connectivity index (χ3n) is 2.40. The molecule has 0 spiro atoms. The molecule has 78 valence electrons. The van der Waals surface area contributed by atoms with Gasteiger partial charge in [0.2, 0.25) is 0 Å². The number of halogens is 1. The average Bonchev–Trinajstić information content (AvgIpc) is 2.41. The maximum absolute atomic E-state index is 5.71. The lowest BCUT2D eigenvalue weighted by Gasteiger charge is -2.10. The second-order valence-corrected chi connectivity index (χ2v) is 3.28. The second kappa shape index (κ2) is 5.23. The number of para-hydroxylation sites is 1. The Morgan fingerprint density at radius 2 is 2.29 bits per heavy atom. The van der Waals surface area contributed by atoms with E-state index in [2.05, 4.69) is 30.4 Å². The largest absolute Gasteiger partial charge is 0.492 e. The Morgan fingerprint density at radius 3 is 3.07 bits per heavy atom. The highest BCUT2D eigenvalue weighted by Crippen LogP contribution is 2.25. The van der Waals surface area contributed by atoms with Gasteiger partial charge in [-0.15, -0.1) is 12.4 Å². The summed E-state index contributed by atoms with van der Waals surface area (Å²) in [7, 11) is 0.